The Kier molecular flexibility index (Phi) is 6.96. The van der Waals surface area contributed by atoms with Crippen molar-refractivity contribution >= 4 is 22.1 Å². The van der Waals surface area contributed by atoms with Gasteiger partial charge in [-0.1, -0.05) is 0 Å². The number of hydrogen-bond acceptors (Lipinski definition) is 7. The van der Waals surface area contributed by atoms with E-state index in [0.29, 0.717) is 11.3 Å². The molecule has 10 heteroatoms. The molecule has 0 spiro atoms. The van der Waals surface area contributed by atoms with Crippen molar-refractivity contribution in [2.24, 2.45) is 5.10 Å². The van der Waals surface area contributed by atoms with Crippen LogP contribution in [0.15, 0.2) is 52.5 Å². The molecule has 0 atom stereocenters. The van der Waals surface area contributed by atoms with Crippen LogP contribution >= 0.6 is 0 Å². The van der Waals surface area contributed by atoms with Crippen molar-refractivity contribution < 1.29 is 27.8 Å². The summed E-state index contributed by atoms with van der Waals surface area (Å²) in [7, 11) is 0.217. The Labute approximate surface area is 163 Å². The highest BCUT2D eigenvalue weighted by molar-refractivity contribution is 7.89. The number of methoxy groups -OCH3 is 2. The average molecular weight is 407 g/mol. The number of hydrogen-bond donors (Lipinski definition) is 2. The fourth-order valence-corrected chi connectivity index (χ4v) is 3.36. The molecule has 2 aromatic rings. The van der Waals surface area contributed by atoms with E-state index in [2.05, 4.69) is 10.5 Å². The summed E-state index contributed by atoms with van der Waals surface area (Å²) in [4.78, 5) is 11.9. The molecular formula is C18H21N3O6S. The fourth-order valence-electron chi connectivity index (χ4n) is 2.22. The van der Waals surface area contributed by atoms with Crippen molar-refractivity contribution in [1.29, 1.82) is 0 Å². The normalized spacial score (nSPS) is 11.6. The van der Waals surface area contributed by atoms with Crippen molar-refractivity contribution in [1.82, 2.24) is 9.73 Å². The summed E-state index contributed by atoms with van der Waals surface area (Å²) < 4.78 is 36.4. The molecule has 2 N–H and O–H groups in total. The number of carbonyl (C=O) groups excluding carboxylic acids is 1. The van der Waals surface area contributed by atoms with Gasteiger partial charge in [-0.05, 0) is 42.0 Å². The summed E-state index contributed by atoms with van der Waals surface area (Å²) in [5, 5.41) is 13.0. The third-order valence-corrected chi connectivity index (χ3v) is 5.52. The van der Waals surface area contributed by atoms with Gasteiger partial charge in [0.1, 0.15) is 5.75 Å². The Morgan fingerprint density at radius 3 is 2.39 bits per heavy atom. The molecule has 1 amide bonds. The molecule has 0 radical (unpaired) electrons. The second-order valence-electron chi connectivity index (χ2n) is 5.66. The van der Waals surface area contributed by atoms with Gasteiger partial charge in [0.15, 0.2) is 11.5 Å². The first-order valence-corrected chi connectivity index (χ1v) is 9.51. The number of carbonyl (C=O) groups is 1. The van der Waals surface area contributed by atoms with Crippen molar-refractivity contribution in [2.45, 2.75) is 4.90 Å². The van der Waals surface area contributed by atoms with Crippen LogP contribution in [0, 0.1) is 0 Å². The van der Waals surface area contributed by atoms with Crippen molar-refractivity contribution in [3.63, 3.8) is 0 Å². The van der Waals surface area contributed by atoms with Crippen LogP contribution in [0.1, 0.15) is 5.56 Å². The third-order valence-electron chi connectivity index (χ3n) is 3.73. The Morgan fingerprint density at radius 1 is 1.14 bits per heavy atom. The van der Waals surface area contributed by atoms with Crippen LogP contribution in [0.25, 0.3) is 0 Å². The minimum absolute atomic E-state index is 0.0342. The smallest absolute Gasteiger partial charge is 0.255 e. The first-order chi connectivity index (χ1) is 13.3. The number of sulfonamides is 1. The van der Waals surface area contributed by atoms with E-state index < -0.39 is 22.5 Å². The number of phenols is 1. The predicted molar refractivity (Wildman–Crippen MR) is 103 cm³/mol. The lowest BCUT2D eigenvalue weighted by atomic mass is 10.2. The van der Waals surface area contributed by atoms with Gasteiger partial charge in [-0.15, -0.1) is 0 Å². The van der Waals surface area contributed by atoms with Gasteiger partial charge >= 0.3 is 0 Å². The highest BCUT2D eigenvalue weighted by Crippen LogP contribution is 2.30. The van der Waals surface area contributed by atoms with Crippen LogP contribution in [0.2, 0.25) is 0 Å². The van der Waals surface area contributed by atoms with E-state index in [9.17, 15) is 18.3 Å². The molecule has 0 aromatic heterocycles. The monoisotopic (exact) mass is 407 g/mol. The highest BCUT2D eigenvalue weighted by Gasteiger charge is 2.24. The molecule has 0 saturated carbocycles. The van der Waals surface area contributed by atoms with Crippen LogP contribution in [-0.2, 0) is 14.8 Å². The minimum atomic E-state index is -3.92. The third kappa shape index (κ3) is 5.21. The molecule has 28 heavy (non-hydrogen) atoms. The zero-order chi connectivity index (χ0) is 20.7. The summed E-state index contributed by atoms with van der Waals surface area (Å²) in [6, 6.07) is 10.3. The number of nitrogens with one attached hydrogen (secondary N) is 1. The van der Waals surface area contributed by atoms with E-state index in [-0.39, 0.29) is 16.4 Å². The van der Waals surface area contributed by atoms with E-state index in [1.54, 1.807) is 12.1 Å². The molecule has 2 aromatic carbocycles. The van der Waals surface area contributed by atoms with Gasteiger partial charge in [0.05, 0.1) is 31.9 Å². The summed E-state index contributed by atoms with van der Waals surface area (Å²) >= 11 is 0. The SMILES string of the molecule is COc1ccc(S(=O)(=O)N(C)CC(=O)N/N=C\c2ccc(O)cc2)cc1OC. The summed E-state index contributed by atoms with van der Waals surface area (Å²) in [5.74, 6) is 0.162. The van der Waals surface area contributed by atoms with Gasteiger partial charge in [0.2, 0.25) is 10.0 Å². The zero-order valence-electron chi connectivity index (χ0n) is 15.6. The van der Waals surface area contributed by atoms with Gasteiger partial charge < -0.3 is 14.6 Å². The van der Waals surface area contributed by atoms with Crippen LogP contribution in [0.3, 0.4) is 0 Å². The maximum atomic E-state index is 12.7. The molecule has 0 saturated heterocycles. The number of likely N-dealkylation sites (N-methyl/N-ethyl adjacent to an activating group) is 1. The number of phenolic OH excluding ortho intramolecular Hbond substituents is 1. The molecule has 0 aliphatic rings. The van der Waals surface area contributed by atoms with Gasteiger partial charge in [-0.2, -0.15) is 9.41 Å². The van der Waals surface area contributed by atoms with Crippen LogP contribution in [-0.4, -0.2) is 57.8 Å². The van der Waals surface area contributed by atoms with Crippen molar-refractivity contribution in [3.05, 3.63) is 48.0 Å². The van der Waals surface area contributed by atoms with Crippen LogP contribution < -0.4 is 14.9 Å². The molecule has 0 aliphatic carbocycles. The number of rotatable bonds is 8. The summed E-state index contributed by atoms with van der Waals surface area (Å²) in [6.45, 7) is -0.427. The molecular weight excluding hydrogens is 386 g/mol. The quantitative estimate of drug-likeness (QED) is 0.501. The number of hydrazone groups is 1. The van der Waals surface area contributed by atoms with Gasteiger partial charge in [-0.3, -0.25) is 4.79 Å². The first kappa shape index (κ1) is 21.2. The standard InChI is InChI=1S/C18H21N3O6S/c1-21(12-18(23)20-19-11-13-4-6-14(22)7-5-13)28(24,25)15-8-9-16(26-2)17(10-15)27-3/h4-11,22H,12H2,1-3H3,(H,20,23)/b19-11-. The molecule has 0 fully saturated rings. The number of benzene rings is 2. The Bertz CT molecular complexity index is 958. The second-order valence-corrected chi connectivity index (χ2v) is 7.71. The maximum absolute atomic E-state index is 12.7. The maximum Gasteiger partial charge on any atom is 0.255 e. The number of amides is 1. The lowest BCUT2D eigenvalue weighted by molar-refractivity contribution is -0.121. The topological polar surface area (TPSA) is 118 Å². The van der Waals surface area contributed by atoms with Gasteiger partial charge in [0, 0.05) is 13.1 Å². The van der Waals surface area contributed by atoms with E-state index >= 15 is 0 Å². The largest absolute Gasteiger partial charge is 0.508 e. The summed E-state index contributed by atoms with van der Waals surface area (Å²) in [5.41, 5.74) is 2.92. The molecule has 2 rings (SSSR count). The Morgan fingerprint density at radius 2 is 1.79 bits per heavy atom. The first-order valence-electron chi connectivity index (χ1n) is 8.07. The zero-order valence-corrected chi connectivity index (χ0v) is 16.4. The summed E-state index contributed by atoms with van der Waals surface area (Å²) in [6.07, 6.45) is 1.38. The number of ether oxygens (including phenoxy) is 2. The van der Waals surface area contributed by atoms with Crippen LogP contribution in [0.5, 0.6) is 17.2 Å². The van der Waals surface area contributed by atoms with Crippen molar-refractivity contribution in [3.8, 4) is 17.2 Å². The molecule has 0 heterocycles. The molecule has 150 valence electrons. The fraction of sp³-hybridized carbons (Fsp3) is 0.222. The van der Waals surface area contributed by atoms with E-state index in [1.165, 1.54) is 57.8 Å². The number of aromatic hydroxyl groups is 1. The average Bonchev–Trinajstić information content (AvgIpc) is 2.68. The second kappa shape index (κ2) is 9.20. The predicted octanol–water partition coefficient (Wildman–Crippen LogP) is 1.18. The van der Waals surface area contributed by atoms with E-state index in [0.717, 1.165) is 4.31 Å². The Hall–Kier alpha value is -3.11. The lowest BCUT2D eigenvalue weighted by Gasteiger charge is -2.17. The van der Waals surface area contributed by atoms with Crippen LogP contribution in [0.4, 0.5) is 0 Å². The van der Waals surface area contributed by atoms with E-state index in [4.69, 9.17) is 9.47 Å². The molecule has 9 nitrogen and oxygen atoms in total. The lowest BCUT2D eigenvalue weighted by Crippen LogP contribution is -2.36. The Balaban J connectivity index is 2.03. The molecule has 0 bridgehead atoms. The van der Waals surface area contributed by atoms with Crippen molar-refractivity contribution in [2.75, 3.05) is 27.8 Å². The molecule has 0 unspecified atom stereocenters. The van der Waals surface area contributed by atoms with E-state index in [1.807, 2.05) is 0 Å². The molecule has 0 aliphatic heterocycles. The van der Waals surface area contributed by atoms with Gasteiger partial charge in [0.25, 0.3) is 5.91 Å². The highest BCUT2D eigenvalue weighted by atomic mass is 32.2. The van der Waals surface area contributed by atoms with Gasteiger partial charge in [-0.25, -0.2) is 13.8 Å². The minimum Gasteiger partial charge on any atom is -0.508 e. The number of nitrogens with zero attached hydrogens (tertiary/aromatic N) is 2.